The van der Waals surface area contributed by atoms with Crippen molar-refractivity contribution < 1.29 is 9.53 Å². The minimum atomic E-state index is -0.552. The number of halogens is 2. The minimum Gasteiger partial charge on any atom is -0.462 e. The molecule has 1 aromatic heterocycles. The Balaban J connectivity index is 0.000000921. The highest BCUT2D eigenvalue weighted by molar-refractivity contribution is 6.33. The lowest BCUT2D eigenvalue weighted by atomic mass is 10.3. The van der Waals surface area contributed by atoms with Gasteiger partial charge in [-0.2, -0.15) is 0 Å². The highest BCUT2D eigenvalue weighted by Gasteiger charge is 2.13. The Labute approximate surface area is 98.6 Å². The maximum absolute atomic E-state index is 11.1. The molecule has 0 saturated carbocycles. The molecule has 0 saturated heterocycles. The maximum atomic E-state index is 11.1. The van der Waals surface area contributed by atoms with Gasteiger partial charge >= 0.3 is 5.97 Å². The van der Waals surface area contributed by atoms with Gasteiger partial charge in [0.1, 0.15) is 10.7 Å². The van der Waals surface area contributed by atoms with Crippen molar-refractivity contribution in [2.45, 2.75) is 20.8 Å². The van der Waals surface area contributed by atoms with E-state index < -0.39 is 5.97 Å². The molecule has 0 unspecified atom stereocenters. The summed E-state index contributed by atoms with van der Waals surface area (Å²) in [7, 11) is 0. The first-order chi connectivity index (χ1) is 7.15. The molecule has 1 rings (SSSR count). The van der Waals surface area contributed by atoms with E-state index in [0.29, 0.717) is 0 Å². The second-order valence-corrected chi connectivity index (χ2v) is 2.76. The van der Waals surface area contributed by atoms with Crippen LogP contribution >= 0.6 is 23.2 Å². The van der Waals surface area contributed by atoms with Gasteiger partial charge in [0.05, 0.1) is 6.61 Å². The van der Waals surface area contributed by atoms with Crippen LogP contribution in [0.25, 0.3) is 0 Å². The predicted octanol–water partition coefficient (Wildman–Crippen LogP) is 2.99. The number of rotatable bonds is 2. The average Bonchev–Trinajstić information content (AvgIpc) is 2.21. The van der Waals surface area contributed by atoms with Gasteiger partial charge in [0.15, 0.2) is 0 Å². The first kappa shape index (κ1) is 14.1. The van der Waals surface area contributed by atoms with Gasteiger partial charge in [0.25, 0.3) is 0 Å². The van der Waals surface area contributed by atoms with E-state index >= 15 is 0 Å². The Hall–Kier alpha value is -0.870. The Morgan fingerprint density at radius 3 is 2.53 bits per heavy atom. The molecule has 0 atom stereocenters. The van der Waals surface area contributed by atoms with Crippen LogP contribution in [0.5, 0.6) is 0 Å². The van der Waals surface area contributed by atoms with E-state index in [4.69, 9.17) is 27.9 Å². The number of aromatic nitrogens is 2. The van der Waals surface area contributed by atoms with Gasteiger partial charge < -0.3 is 4.74 Å². The first-order valence-electron chi connectivity index (χ1n) is 4.50. The van der Waals surface area contributed by atoms with Crippen molar-refractivity contribution in [2.24, 2.45) is 0 Å². The van der Waals surface area contributed by atoms with E-state index in [9.17, 15) is 4.79 Å². The van der Waals surface area contributed by atoms with Crippen LogP contribution in [0.3, 0.4) is 0 Å². The molecule has 0 aliphatic carbocycles. The van der Waals surface area contributed by atoms with Crippen LogP contribution in [0.2, 0.25) is 10.4 Å². The molecule has 15 heavy (non-hydrogen) atoms. The summed E-state index contributed by atoms with van der Waals surface area (Å²) in [5.41, 5.74) is 0.118. The van der Waals surface area contributed by atoms with Gasteiger partial charge in [-0.25, -0.2) is 14.8 Å². The molecule has 6 heteroatoms. The average molecular weight is 251 g/mol. The molecule has 1 aromatic rings. The number of carbonyl (C=O) groups is 1. The Kier molecular flexibility index (Phi) is 6.99. The quantitative estimate of drug-likeness (QED) is 0.460. The molecule has 0 fully saturated rings. The van der Waals surface area contributed by atoms with Gasteiger partial charge in [-0.15, -0.1) is 0 Å². The lowest BCUT2D eigenvalue weighted by Crippen LogP contribution is -2.06. The molecule has 0 radical (unpaired) electrons. The fraction of sp³-hybridized carbons (Fsp3) is 0.444. The van der Waals surface area contributed by atoms with Crippen LogP contribution in [-0.4, -0.2) is 22.5 Å². The number of carbonyl (C=O) groups excluding carboxylic acids is 1. The molecule has 0 amide bonds. The lowest BCUT2D eigenvalue weighted by molar-refractivity contribution is 0.0525. The van der Waals surface area contributed by atoms with Crippen molar-refractivity contribution in [3.05, 3.63) is 22.2 Å². The zero-order chi connectivity index (χ0) is 11.8. The summed E-state index contributed by atoms with van der Waals surface area (Å²) in [6, 6.07) is 0. The van der Waals surface area contributed by atoms with E-state index in [1.54, 1.807) is 6.92 Å². The molecule has 1 heterocycles. The van der Waals surface area contributed by atoms with Crippen molar-refractivity contribution in [3.63, 3.8) is 0 Å². The summed E-state index contributed by atoms with van der Waals surface area (Å²) in [6.45, 7) is 5.97. The highest BCUT2D eigenvalue weighted by atomic mass is 35.5. The van der Waals surface area contributed by atoms with Gasteiger partial charge in [-0.1, -0.05) is 25.4 Å². The molecular weight excluding hydrogens is 239 g/mol. The topological polar surface area (TPSA) is 52.1 Å². The van der Waals surface area contributed by atoms with Crippen LogP contribution < -0.4 is 0 Å². The van der Waals surface area contributed by atoms with Gasteiger partial charge in [-0.05, 0) is 18.5 Å². The van der Waals surface area contributed by atoms with E-state index in [0.717, 1.165) is 0 Å². The first-order valence-corrected chi connectivity index (χ1v) is 5.26. The normalized spacial score (nSPS) is 8.87. The largest absolute Gasteiger partial charge is 0.462 e. The Morgan fingerprint density at radius 1 is 1.47 bits per heavy atom. The van der Waals surface area contributed by atoms with E-state index in [1.165, 1.54) is 6.20 Å². The van der Waals surface area contributed by atoms with Crippen LogP contribution in [-0.2, 0) is 4.74 Å². The minimum absolute atomic E-state index is 0.00144. The van der Waals surface area contributed by atoms with Gasteiger partial charge in [0.2, 0.25) is 5.28 Å². The van der Waals surface area contributed by atoms with Crippen molar-refractivity contribution in [3.8, 4) is 0 Å². The van der Waals surface area contributed by atoms with E-state index in [-0.39, 0.29) is 22.6 Å². The van der Waals surface area contributed by atoms with Crippen LogP contribution in [0, 0.1) is 0 Å². The summed E-state index contributed by atoms with van der Waals surface area (Å²) in [5.74, 6) is -0.552. The predicted molar refractivity (Wildman–Crippen MR) is 59.4 cm³/mol. The summed E-state index contributed by atoms with van der Waals surface area (Å²) < 4.78 is 4.70. The zero-order valence-corrected chi connectivity index (χ0v) is 10.3. The molecule has 84 valence electrons. The summed E-state index contributed by atoms with van der Waals surface area (Å²) in [5, 5.41) is -0.00324. The summed E-state index contributed by atoms with van der Waals surface area (Å²) in [4.78, 5) is 18.4. The highest BCUT2D eigenvalue weighted by Crippen LogP contribution is 2.14. The molecule has 0 aliphatic heterocycles. The summed E-state index contributed by atoms with van der Waals surface area (Å²) >= 11 is 11.1. The van der Waals surface area contributed by atoms with Crippen LogP contribution in [0.1, 0.15) is 31.1 Å². The smallest absolute Gasteiger partial charge is 0.342 e. The van der Waals surface area contributed by atoms with Crippen molar-refractivity contribution >= 4 is 29.2 Å². The number of nitrogens with zero attached hydrogens (tertiary/aromatic N) is 2. The Bertz CT molecular complexity index is 332. The molecule has 4 nitrogen and oxygen atoms in total. The third-order valence-corrected chi connectivity index (χ3v) is 1.68. The molecule has 0 bridgehead atoms. The monoisotopic (exact) mass is 250 g/mol. The number of hydrogen-bond acceptors (Lipinski definition) is 4. The maximum Gasteiger partial charge on any atom is 0.342 e. The molecule has 0 aliphatic rings. The molecule has 0 spiro atoms. The van der Waals surface area contributed by atoms with E-state index in [2.05, 4.69) is 9.97 Å². The van der Waals surface area contributed by atoms with Crippen LogP contribution in [0.4, 0.5) is 0 Å². The summed E-state index contributed by atoms with van der Waals surface area (Å²) in [6.07, 6.45) is 1.23. The van der Waals surface area contributed by atoms with Crippen LogP contribution in [0.15, 0.2) is 6.20 Å². The zero-order valence-electron chi connectivity index (χ0n) is 8.75. The van der Waals surface area contributed by atoms with E-state index in [1.807, 2.05) is 13.8 Å². The molecule has 0 aromatic carbocycles. The van der Waals surface area contributed by atoms with Crippen molar-refractivity contribution in [1.82, 2.24) is 9.97 Å². The Morgan fingerprint density at radius 2 is 2.07 bits per heavy atom. The van der Waals surface area contributed by atoms with Crippen molar-refractivity contribution in [2.75, 3.05) is 6.61 Å². The van der Waals surface area contributed by atoms with Gasteiger partial charge in [0, 0.05) is 6.20 Å². The number of ether oxygens (including phenoxy) is 1. The number of hydrogen-bond donors (Lipinski definition) is 0. The molecular formula is C9H12Cl2N2O2. The second-order valence-electron chi connectivity index (χ2n) is 2.06. The fourth-order valence-corrected chi connectivity index (χ4v) is 1.07. The molecule has 0 N–H and O–H groups in total. The SMILES string of the molecule is CC.CCOC(=O)c1cnc(Cl)nc1Cl. The fourth-order valence-electron chi connectivity index (χ4n) is 0.687. The van der Waals surface area contributed by atoms with Crippen molar-refractivity contribution in [1.29, 1.82) is 0 Å². The van der Waals surface area contributed by atoms with Gasteiger partial charge in [-0.3, -0.25) is 0 Å². The third kappa shape index (κ3) is 4.44. The standard InChI is InChI=1S/C7H6Cl2N2O2.C2H6/c1-2-13-6(12)4-3-10-7(9)11-5(4)8;1-2/h3H,2H2,1H3;1-2H3. The third-order valence-electron chi connectivity index (χ3n) is 1.21. The lowest BCUT2D eigenvalue weighted by Gasteiger charge is -2.01. The number of esters is 1. The second kappa shape index (κ2) is 7.43.